The Bertz CT molecular complexity index is 1110. The quantitative estimate of drug-likeness (QED) is 0.542. The van der Waals surface area contributed by atoms with E-state index >= 15 is 0 Å². The molecule has 4 rings (SSSR count). The lowest BCUT2D eigenvalue weighted by molar-refractivity contribution is -0.141. The molecule has 1 N–H and O–H groups in total. The minimum Gasteiger partial charge on any atom is -0.351 e. The number of nitrogens with zero attached hydrogens (tertiary/aromatic N) is 2. The van der Waals surface area contributed by atoms with Gasteiger partial charge in [-0.15, -0.1) is 0 Å². The zero-order valence-electron chi connectivity index (χ0n) is 21.9. The number of rotatable bonds is 7. The Kier molecular flexibility index (Phi) is 8.95. The molecular formula is C30H38FN3O3. The van der Waals surface area contributed by atoms with Gasteiger partial charge in [-0.05, 0) is 68.4 Å². The van der Waals surface area contributed by atoms with E-state index in [1.807, 2.05) is 31.2 Å². The van der Waals surface area contributed by atoms with Gasteiger partial charge in [0.15, 0.2) is 0 Å². The van der Waals surface area contributed by atoms with Crippen LogP contribution >= 0.6 is 0 Å². The van der Waals surface area contributed by atoms with E-state index in [0.29, 0.717) is 30.6 Å². The number of benzene rings is 2. The molecule has 0 bridgehead atoms. The van der Waals surface area contributed by atoms with Crippen LogP contribution in [0.5, 0.6) is 0 Å². The van der Waals surface area contributed by atoms with Crippen molar-refractivity contribution in [2.24, 2.45) is 0 Å². The van der Waals surface area contributed by atoms with Gasteiger partial charge in [-0.3, -0.25) is 19.3 Å². The van der Waals surface area contributed by atoms with Gasteiger partial charge in [0.2, 0.25) is 11.8 Å². The molecule has 7 heteroatoms. The zero-order chi connectivity index (χ0) is 26.4. The summed E-state index contributed by atoms with van der Waals surface area (Å²) in [6, 6.07) is 11.7. The Labute approximate surface area is 219 Å². The molecule has 1 aliphatic heterocycles. The van der Waals surface area contributed by atoms with Gasteiger partial charge < -0.3 is 10.2 Å². The van der Waals surface area contributed by atoms with Crippen molar-refractivity contribution in [2.45, 2.75) is 89.8 Å². The molecule has 1 aliphatic carbocycles. The molecule has 2 atom stereocenters. The monoisotopic (exact) mass is 507 g/mol. The van der Waals surface area contributed by atoms with Crippen LogP contribution in [0.4, 0.5) is 10.1 Å². The number of nitrogens with one attached hydrogen (secondary N) is 1. The maximum Gasteiger partial charge on any atom is 0.250 e. The number of likely N-dealkylation sites (tertiary alicyclic amines) is 1. The Morgan fingerprint density at radius 1 is 1.00 bits per heavy atom. The lowest BCUT2D eigenvalue weighted by Crippen LogP contribution is -2.56. The van der Waals surface area contributed by atoms with E-state index in [2.05, 4.69) is 5.32 Å². The molecule has 0 spiro atoms. The first-order chi connectivity index (χ1) is 17.9. The SMILES string of the molecule is CCC(=O)N1CCCC[C@H]1C(=O)N(c1cccc(F)c1)[C@H](C(=O)NC1CCCCC1)c1ccccc1C. The highest BCUT2D eigenvalue weighted by molar-refractivity contribution is 6.05. The van der Waals surface area contributed by atoms with Gasteiger partial charge >= 0.3 is 0 Å². The summed E-state index contributed by atoms with van der Waals surface area (Å²) >= 11 is 0. The molecule has 1 saturated carbocycles. The number of hydrogen-bond acceptors (Lipinski definition) is 3. The highest BCUT2D eigenvalue weighted by Gasteiger charge is 2.41. The van der Waals surface area contributed by atoms with Crippen LogP contribution in [0.15, 0.2) is 48.5 Å². The number of amides is 3. The van der Waals surface area contributed by atoms with Crippen molar-refractivity contribution in [1.82, 2.24) is 10.2 Å². The van der Waals surface area contributed by atoms with Crippen molar-refractivity contribution >= 4 is 23.4 Å². The van der Waals surface area contributed by atoms with E-state index in [-0.39, 0.29) is 23.8 Å². The van der Waals surface area contributed by atoms with Crippen LogP contribution in [0.25, 0.3) is 0 Å². The van der Waals surface area contributed by atoms with Crippen LogP contribution in [0.3, 0.4) is 0 Å². The number of anilines is 1. The number of hydrogen-bond donors (Lipinski definition) is 1. The number of carbonyl (C=O) groups is 3. The van der Waals surface area contributed by atoms with Crippen LogP contribution in [0.2, 0.25) is 0 Å². The summed E-state index contributed by atoms with van der Waals surface area (Å²) in [4.78, 5) is 44.3. The van der Waals surface area contributed by atoms with Crippen LogP contribution in [0, 0.1) is 12.7 Å². The first-order valence-electron chi connectivity index (χ1n) is 13.6. The summed E-state index contributed by atoms with van der Waals surface area (Å²) in [7, 11) is 0. The average molecular weight is 508 g/mol. The Morgan fingerprint density at radius 2 is 1.73 bits per heavy atom. The molecule has 37 heavy (non-hydrogen) atoms. The first kappa shape index (κ1) is 26.8. The third-order valence-corrected chi connectivity index (χ3v) is 7.68. The highest BCUT2D eigenvalue weighted by Crippen LogP contribution is 2.34. The number of halogens is 1. The topological polar surface area (TPSA) is 69.7 Å². The molecule has 0 radical (unpaired) electrons. The molecular weight excluding hydrogens is 469 g/mol. The smallest absolute Gasteiger partial charge is 0.250 e. The first-order valence-corrected chi connectivity index (χ1v) is 13.6. The van der Waals surface area contributed by atoms with Gasteiger partial charge in [-0.1, -0.05) is 56.5 Å². The Morgan fingerprint density at radius 3 is 2.43 bits per heavy atom. The fourth-order valence-electron chi connectivity index (χ4n) is 5.70. The lowest BCUT2D eigenvalue weighted by atomic mass is 9.93. The molecule has 3 amide bonds. The van der Waals surface area contributed by atoms with Crippen LogP contribution in [-0.2, 0) is 14.4 Å². The van der Waals surface area contributed by atoms with Crippen molar-refractivity contribution in [1.29, 1.82) is 0 Å². The van der Waals surface area contributed by atoms with E-state index in [1.54, 1.807) is 24.0 Å². The highest BCUT2D eigenvalue weighted by atomic mass is 19.1. The summed E-state index contributed by atoms with van der Waals surface area (Å²) in [6.07, 6.45) is 7.54. The van der Waals surface area contributed by atoms with Crippen LogP contribution in [0.1, 0.15) is 81.9 Å². The van der Waals surface area contributed by atoms with Crippen molar-refractivity contribution in [3.05, 3.63) is 65.5 Å². The zero-order valence-corrected chi connectivity index (χ0v) is 21.9. The predicted octanol–water partition coefficient (Wildman–Crippen LogP) is 5.45. The molecule has 2 aromatic carbocycles. The van der Waals surface area contributed by atoms with E-state index in [0.717, 1.165) is 50.5 Å². The van der Waals surface area contributed by atoms with Crippen LogP contribution < -0.4 is 10.2 Å². The lowest BCUT2D eigenvalue weighted by Gasteiger charge is -2.40. The number of carbonyl (C=O) groups excluding carboxylic acids is 3. The van der Waals surface area contributed by atoms with Gasteiger partial charge in [-0.2, -0.15) is 0 Å². The van der Waals surface area contributed by atoms with Crippen molar-refractivity contribution in [3.8, 4) is 0 Å². The van der Waals surface area contributed by atoms with Gasteiger partial charge in [0.25, 0.3) is 5.91 Å². The molecule has 0 aromatic heterocycles. The Balaban J connectivity index is 1.81. The maximum absolute atomic E-state index is 14.5. The largest absolute Gasteiger partial charge is 0.351 e. The minimum atomic E-state index is -0.988. The second-order valence-electron chi connectivity index (χ2n) is 10.2. The van der Waals surface area contributed by atoms with Gasteiger partial charge in [0.1, 0.15) is 17.9 Å². The Hall–Kier alpha value is -3.22. The summed E-state index contributed by atoms with van der Waals surface area (Å²) in [5.41, 5.74) is 1.87. The molecule has 198 valence electrons. The van der Waals surface area contributed by atoms with Gasteiger partial charge in [0, 0.05) is 24.7 Å². The third-order valence-electron chi connectivity index (χ3n) is 7.68. The van der Waals surface area contributed by atoms with Crippen LogP contribution in [-0.4, -0.2) is 41.2 Å². The predicted molar refractivity (Wildman–Crippen MR) is 142 cm³/mol. The summed E-state index contributed by atoms with van der Waals surface area (Å²) in [6.45, 7) is 4.21. The molecule has 0 unspecified atom stereocenters. The summed E-state index contributed by atoms with van der Waals surface area (Å²) < 4.78 is 14.5. The standard InChI is InChI=1S/C30H38FN3O3/c1-3-27(35)33-19-10-9-18-26(33)30(37)34(24-16-11-13-22(31)20-24)28(25-17-8-7-12-21(25)2)29(36)32-23-14-5-4-6-15-23/h7-8,11-13,16-17,20,23,26,28H,3-6,9-10,14-15,18-19H2,1-2H3,(H,32,36)/t26-,28-/m0/s1. The molecule has 2 aliphatic rings. The average Bonchev–Trinajstić information content (AvgIpc) is 2.92. The second-order valence-corrected chi connectivity index (χ2v) is 10.2. The van der Waals surface area contributed by atoms with E-state index in [1.165, 1.54) is 17.0 Å². The van der Waals surface area contributed by atoms with E-state index in [9.17, 15) is 18.8 Å². The van der Waals surface area contributed by atoms with Gasteiger partial charge in [-0.25, -0.2) is 4.39 Å². The fourth-order valence-corrected chi connectivity index (χ4v) is 5.70. The third kappa shape index (κ3) is 6.20. The molecule has 6 nitrogen and oxygen atoms in total. The molecule has 1 saturated heterocycles. The van der Waals surface area contributed by atoms with E-state index in [4.69, 9.17) is 0 Å². The number of piperidine rings is 1. The van der Waals surface area contributed by atoms with Crippen molar-refractivity contribution in [2.75, 3.05) is 11.4 Å². The van der Waals surface area contributed by atoms with Gasteiger partial charge in [0.05, 0.1) is 0 Å². The second kappa shape index (κ2) is 12.3. The molecule has 2 aromatic rings. The molecule has 1 heterocycles. The van der Waals surface area contributed by atoms with E-state index < -0.39 is 17.9 Å². The minimum absolute atomic E-state index is 0.0464. The van der Waals surface area contributed by atoms with Crippen molar-refractivity contribution in [3.63, 3.8) is 0 Å². The summed E-state index contributed by atoms with van der Waals surface area (Å²) in [5.74, 6) is -1.20. The number of aryl methyl sites for hydroxylation is 1. The summed E-state index contributed by atoms with van der Waals surface area (Å²) in [5, 5.41) is 3.21. The fraction of sp³-hybridized carbons (Fsp3) is 0.500. The molecule has 2 fully saturated rings. The van der Waals surface area contributed by atoms with Crippen molar-refractivity contribution < 1.29 is 18.8 Å². The normalized spacial score (nSPS) is 19.2. The maximum atomic E-state index is 14.5.